The van der Waals surface area contributed by atoms with Crippen LogP contribution in [-0.4, -0.2) is 36.1 Å². The second kappa shape index (κ2) is 5.49. The summed E-state index contributed by atoms with van der Waals surface area (Å²) in [6.07, 6.45) is -10.1. The Morgan fingerprint density at radius 3 is 1.70 bits per heavy atom. The Hall–Kier alpha value is -1.47. The van der Waals surface area contributed by atoms with Crippen LogP contribution in [0.5, 0.6) is 0 Å². The number of ketones is 1. The average molecular weight is 301 g/mol. The molecule has 0 bridgehead atoms. The first-order valence-corrected chi connectivity index (χ1v) is 5.80. The summed E-state index contributed by atoms with van der Waals surface area (Å²) in [7, 11) is 0. The second-order valence-corrected chi connectivity index (χ2v) is 4.44. The van der Waals surface area contributed by atoms with Crippen LogP contribution in [0.1, 0.15) is 19.8 Å². The summed E-state index contributed by atoms with van der Waals surface area (Å²) in [4.78, 5) is 12.6. The van der Waals surface area contributed by atoms with Gasteiger partial charge in [-0.25, -0.2) is 0 Å². The van der Waals surface area contributed by atoms with E-state index in [9.17, 15) is 31.1 Å². The van der Waals surface area contributed by atoms with E-state index in [-0.39, 0.29) is 0 Å². The zero-order valence-electron chi connectivity index (χ0n) is 10.7. The number of hydrogen-bond acceptors (Lipinski definition) is 2. The molecular weight excluding hydrogens is 288 g/mol. The molecule has 1 saturated heterocycles. The van der Waals surface area contributed by atoms with Crippen molar-refractivity contribution in [3.05, 3.63) is 23.4 Å². The van der Waals surface area contributed by atoms with Gasteiger partial charge in [0.25, 0.3) is 0 Å². The van der Waals surface area contributed by atoms with Crippen molar-refractivity contribution in [1.82, 2.24) is 4.90 Å². The number of Topliss-reactive ketones (excluding diaryl/α,β-unsaturated/α-hetero) is 1. The molecule has 0 aromatic rings. The molecule has 20 heavy (non-hydrogen) atoms. The van der Waals surface area contributed by atoms with Crippen LogP contribution in [0.15, 0.2) is 23.4 Å². The van der Waals surface area contributed by atoms with Gasteiger partial charge in [-0.1, -0.05) is 6.58 Å². The van der Waals surface area contributed by atoms with Gasteiger partial charge in [-0.2, -0.15) is 26.3 Å². The summed E-state index contributed by atoms with van der Waals surface area (Å²) < 4.78 is 76.1. The van der Waals surface area contributed by atoms with Crippen molar-refractivity contribution in [2.75, 3.05) is 13.1 Å². The molecule has 0 aromatic heterocycles. The average Bonchev–Trinajstić information content (AvgIpc) is 2.73. The summed E-state index contributed by atoms with van der Waals surface area (Å²) in [5.74, 6) is -1.30. The van der Waals surface area contributed by atoms with Gasteiger partial charge >= 0.3 is 12.4 Å². The molecule has 1 fully saturated rings. The standard InChI is InChI=1S/C12H13F6NO/c1-7(19-5-3-4-6-19)9(8(2)20)10(11(13,14)15)12(16,17)18/h1,3-6H2,2H3. The van der Waals surface area contributed by atoms with Gasteiger partial charge in [0.15, 0.2) is 5.78 Å². The Kier molecular flexibility index (Phi) is 4.55. The van der Waals surface area contributed by atoms with E-state index in [1.165, 1.54) is 4.90 Å². The normalized spacial score (nSPS) is 16.2. The number of halogens is 6. The lowest BCUT2D eigenvalue weighted by Gasteiger charge is -2.25. The molecule has 0 saturated carbocycles. The van der Waals surface area contributed by atoms with Crippen LogP contribution >= 0.6 is 0 Å². The fourth-order valence-electron chi connectivity index (χ4n) is 2.11. The minimum Gasteiger partial charge on any atom is -0.371 e. The van der Waals surface area contributed by atoms with Crippen LogP contribution in [0.25, 0.3) is 0 Å². The summed E-state index contributed by atoms with van der Waals surface area (Å²) in [5, 5.41) is 0. The first-order valence-electron chi connectivity index (χ1n) is 5.80. The van der Waals surface area contributed by atoms with Crippen LogP contribution < -0.4 is 0 Å². The molecule has 114 valence electrons. The summed E-state index contributed by atoms with van der Waals surface area (Å²) in [5.41, 5.74) is -4.69. The molecule has 0 amide bonds. The number of allylic oxidation sites excluding steroid dienone is 2. The number of carbonyl (C=O) groups is 1. The number of carbonyl (C=O) groups excluding carboxylic acids is 1. The van der Waals surface area contributed by atoms with Crippen molar-refractivity contribution in [2.45, 2.75) is 32.1 Å². The molecule has 2 nitrogen and oxygen atoms in total. The first-order chi connectivity index (χ1) is 8.96. The maximum atomic E-state index is 12.7. The number of hydrogen-bond donors (Lipinski definition) is 0. The Balaban J connectivity index is 3.43. The van der Waals surface area contributed by atoms with Gasteiger partial charge in [0.1, 0.15) is 5.57 Å². The van der Waals surface area contributed by atoms with Gasteiger partial charge in [0, 0.05) is 18.8 Å². The van der Waals surface area contributed by atoms with Gasteiger partial charge in [0.2, 0.25) is 0 Å². The van der Waals surface area contributed by atoms with Gasteiger partial charge in [0.05, 0.1) is 5.57 Å². The lowest BCUT2D eigenvalue weighted by Crippen LogP contribution is -2.32. The van der Waals surface area contributed by atoms with Crippen LogP contribution in [0.3, 0.4) is 0 Å². The molecule has 0 aliphatic carbocycles. The van der Waals surface area contributed by atoms with Gasteiger partial charge in [-0.15, -0.1) is 0 Å². The van der Waals surface area contributed by atoms with E-state index in [1.807, 2.05) is 0 Å². The highest BCUT2D eigenvalue weighted by Crippen LogP contribution is 2.43. The van der Waals surface area contributed by atoms with Crippen LogP contribution in [0.2, 0.25) is 0 Å². The predicted octanol–water partition coefficient (Wildman–Crippen LogP) is 3.61. The molecule has 8 heteroatoms. The van der Waals surface area contributed by atoms with Crippen molar-refractivity contribution in [3.8, 4) is 0 Å². The lowest BCUT2D eigenvalue weighted by molar-refractivity contribution is -0.173. The topological polar surface area (TPSA) is 20.3 Å². The van der Waals surface area contributed by atoms with Crippen molar-refractivity contribution in [2.24, 2.45) is 0 Å². The van der Waals surface area contributed by atoms with Crippen molar-refractivity contribution in [1.29, 1.82) is 0 Å². The number of rotatable bonds is 3. The third-order valence-corrected chi connectivity index (χ3v) is 2.95. The highest BCUT2D eigenvalue weighted by molar-refractivity contribution is 5.98. The summed E-state index contributed by atoms with van der Waals surface area (Å²) in [6.45, 7) is 4.51. The Morgan fingerprint density at radius 1 is 1.00 bits per heavy atom. The van der Waals surface area contributed by atoms with E-state index in [1.54, 1.807) is 0 Å². The second-order valence-electron chi connectivity index (χ2n) is 4.44. The predicted molar refractivity (Wildman–Crippen MR) is 59.8 cm³/mol. The van der Waals surface area contributed by atoms with E-state index in [0.29, 0.717) is 32.9 Å². The van der Waals surface area contributed by atoms with Crippen molar-refractivity contribution in [3.63, 3.8) is 0 Å². The van der Waals surface area contributed by atoms with Crippen molar-refractivity contribution >= 4 is 5.78 Å². The van der Waals surface area contributed by atoms with Gasteiger partial charge < -0.3 is 4.90 Å². The molecule has 1 heterocycles. The number of likely N-dealkylation sites (tertiary alicyclic amines) is 1. The van der Waals surface area contributed by atoms with Gasteiger partial charge in [-0.3, -0.25) is 4.79 Å². The smallest absolute Gasteiger partial charge is 0.371 e. The van der Waals surface area contributed by atoms with E-state index in [2.05, 4.69) is 6.58 Å². The minimum absolute atomic E-state index is 0.290. The summed E-state index contributed by atoms with van der Waals surface area (Å²) in [6, 6.07) is 0. The quantitative estimate of drug-likeness (QED) is 0.451. The van der Waals surface area contributed by atoms with Gasteiger partial charge in [-0.05, 0) is 19.8 Å². The fraction of sp³-hybridized carbons (Fsp3) is 0.583. The molecule has 1 aliphatic rings. The first kappa shape index (κ1) is 16.6. The highest BCUT2D eigenvalue weighted by Gasteiger charge is 2.54. The minimum atomic E-state index is -5.66. The lowest BCUT2D eigenvalue weighted by atomic mass is 10.00. The van der Waals surface area contributed by atoms with E-state index in [4.69, 9.17) is 0 Å². The Labute approximate surface area is 111 Å². The molecular formula is C12H13F6NO. The van der Waals surface area contributed by atoms with E-state index in [0.717, 1.165) is 0 Å². The SMILES string of the molecule is C=C(C(C(C)=O)=C(C(F)(F)F)C(F)(F)F)N1CCCC1. The fourth-order valence-corrected chi connectivity index (χ4v) is 2.11. The zero-order valence-corrected chi connectivity index (χ0v) is 10.7. The monoisotopic (exact) mass is 301 g/mol. The zero-order chi connectivity index (χ0) is 15.7. The number of alkyl halides is 6. The van der Waals surface area contributed by atoms with Crippen molar-refractivity contribution < 1.29 is 31.1 Å². The Morgan fingerprint density at radius 2 is 1.40 bits per heavy atom. The van der Waals surface area contributed by atoms with Crippen LogP contribution in [0.4, 0.5) is 26.3 Å². The molecule has 1 rings (SSSR count). The van der Waals surface area contributed by atoms with E-state index < -0.39 is 35.0 Å². The van der Waals surface area contributed by atoms with Crippen LogP contribution in [-0.2, 0) is 4.79 Å². The maximum absolute atomic E-state index is 12.7. The molecule has 0 N–H and O–H groups in total. The molecule has 0 radical (unpaired) electrons. The maximum Gasteiger partial charge on any atom is 0.422 e. The van der Waals surface area contributed by atoms with E-state index >= 15 is 0 Å². The van der Waals surface area contributed by atoms with Crippen LogP contribution in [0, 0.1) is 0 Å². The molecule has 1 aliphatic heterocycles. The third-order valence-electron chi connectivity index (χ3n) is 2.95. The molecule has 0 spiro atoms. The Bertz CT molecular complexity index is 424. The molecule has 0 aromatic carbocycles. The summed E-state index contributed by atoms with van der Waals surface area (Å²) >= 11 is 0. The molecule has 0 unspecified atom stereocenters. The third kappa shape index (κ3) is 3.55. The highest BCUT2D eigenvalue weighted by atomic mass is 19.4. The number of nitrogens with zero attached hydrogens (tertiary/aromatic N) is 1. The largest absolute Gasteiger partial charge is 0.422 e. The molecule has 0 atom stereocenters.